The Morgan fingerprint density at radius 1 is 1.13 bits per heavy atom. The lowest BCUT2D eigenvalue weighted by Gasteiger charge is -2.20. The topological polar surface area (TPSA) is 35.5 Å². The van der Waals surface area contributed by atoms with Crippen molar-refractivity contribution < 1.29 is 14.3 Å². The summed E-state index contributed by atoms with van der Waals surface area (Å²) in [4.78, 5) is 12.2. The monoisotopic (exact) mass is 320 g/mol. The van der Waals surface area contributed by atoms with Crippen LogP contribution in [0.15, 0.2) is 11.3 Å². The maximum atomic E-state index is 12.2. The van der Waals surface area contributed by atoms with E-state index in [4.69, 9.17) is 9.47 Å². The van der Waals surface area contributed by atoms with Gasteiger partial charge in [-0.1, -0.05) is 39.0 Å². The highest BCUT2D eigenvalue weighted by Crippen LogP contribution is 2.46. The predicted octanol–water partition coefficient (Wildman–Crippen LogP) is 5.14. The van der Waals surface area contributed by atoms with Crippen LogP contribution in [0.2, 0.25) is 0 Å². The lowest BCUT2D eigenvalue weighted by Crippen LogP contribution is -2.23. The molecule has 0 amide bonds. The SMILES string of the molecule is CCCCCCCC(=O)OC1CCC2=C3OCCC3CCCC21. The van der Waals surface area contributed by atoms with Gasteiger partial charge in [-0.05, 0) is 44.1 Å². The van der Waals surface area contributed by atoms with Gasteiger partial charge in [-0.15, -0.1) is 0 Å². The third kappa shape index (κ3) is 4.10. The number of fused-ring (bicyclic) bond motifs is 2. The molecule has 1 saturated heterocycles. The molecule has 3 nitrogen and oxygen atoms in total. The molecule has 0 spiro atoms. The van der Waals surface area contributed by atoms with Crippen LogP contribution in [0.3, 0.4) is 0 Å². The minimum atomic E-state index is 0.0193. The molecule has 0 aromatic heterocycles. The Hall–Kier alpha value is -0.990. The van der Waals surface area contributed by atoms with E-state index in [0.717, 1.165) is 32.3 Å². The van der Waals surface area contributed by atoms with Crippen molar-refractivity contribution in [3.05, 3.63) is 11.3 Å². The predicted molar refractivity (Wildman–Crippen MR) is 90.9 cm³/mol. The number of esters is 1. The van der Waals surface area contributed by atoms with E-state index in [0.29, 0.717) is 18.3 Å². The molecule has 1 aliphatic heterocycles. The van der Waals surface area contributed by atoms with Crippen LogP contribution in [0.1, 0.15) is 84.0 Å². The summed E-state index contributed by atoms with van der Waals surface area (Å²) in [5.74, 6) is 2.40. The first kappa shape index (κ1) is 16.9. The van der Waals surface area contributed by atoms with Gasteiger partial charge in [0.25, 0.3) is 0 Å². The molecule has 0 bridgehead atoms. The minimum Gasteiger partial charge on any atom is -0.498 e. The molecule has 2 aliphatic carbocycles. The van der Waals surface area contributed by atoms with Crippen molar-refractivity contribution in [3.63, 3.8) is 0 Å². The van der Waals surface area contributed by atoms with Gasteiger partial charge < -0.3 is 9.47 Å². The molecule has 0 N–H and O–H groups in total. The highest BCUT2D eigenvalue weighted by Gasteiger charge is 2.41. The molecule has 3 rings (SSSR count). The summed E-state index contributed by atoms with van der Waals surface area (Å²) in [6, 6.07) is 0. The number of carbonyl (C=O) groups excluding carboxylic acids is 1. The third-order valence-corrected chi connectivity index (χ3v) is 5.84. The molecule has 3 atom stereocenters. The molecule has 0 aromatic rings. The van der Waals surface area contributed by atoms with E-state index in [2.05, 4.69) is 6.92 Å². The van der Waals surface area contributed by atoms with E-state index in [1.54, 1.807) is 0 Å². The summed E-state index contributed by atoms with van der Waals surface area (Å²) in [6.07, 6.45) is 13.5. The standard InChI is InChI=1S/C20H32O3/c1-2-3-4-5-6-10-19(21)23-18-12-11-17-16(18)9-7-8-15-13-14-22-20(15)17/h15-16,18H,2-14H2,1H3. The second-order valence-corrected chi connectivity index (χ2v) is 7.49. The summed E-state index contributed by atoms with van der Waals surface area (Å²) >= 11 is 0. The normalized spacial score (nSPS) is 29.7. The molecule has 1 heterocycles. The molecule has 2 fully saturated rings. The van der Waals surface area contributed by atoms with Gasteiger partial charge in [-0.25, -0.2) is 0 Å². The first-order chi connectivity index (χ1) is 11.3. The Morgan fingerprint density at radius 3 is 2.87 bits per heavy atom. The lowest BCUT2D eigenvalue weighted by molar-refractivity contribution is -0.150. The highest BCUT2D eigenvalue weighted by atomic mass is 16.5. The molecular weight excluding hydrogens is 288 g/mol. The van der Waals surface area contributed by atoms with Crippen LogP contribution >= 0.6 is 0 Å². The quantitative estimate of drug-likeness (QED) is 0.481. The largest absolute Gasteiger partial charge is 0.498 e. The van der Waals surface area contributed by atoms with E-state index in [9.17, 15) is 4.79 Å². The van der Waals surface area contributed by atoms with Crippen molar-refractivity contribution in [2.45, 2.75) is 90.1 Å². The smallest absolute Gasteiger partial charge is 0.306 e. The maximum absolute atomic E-state index is 12.2. The number of ether oxygens (including phenoxy) is 2. The molecule has 23 heavy (non-hydrogen) atoms. The maximum Gasteiger partial charge on any atom is 0.306 e. The van der Waals surface area contributed by atoms with E-state index >= 15 is 0 Å². The Labute approximate surface area is 140 Å². The van der Waals surface area contributed by atoms with Gasteiger partial charge in [-0.2, -0.15) is 0 Å². The molecule has 3 unspecified atom stereocenters. The second kappa shape index (κ2) is 8.21. The highest BCUT2D eigenvalue weighted by molar-refractivity contribution is 5.69. The van der Waals surface area contributed by atoms with Crippen LogP contribution < -0.4 is 0 Å². The average molecular weight is 320 g/mol. The fourth-order valence-electron chi connectivity index (χ4n) is 4.59. The summed E-state index contributed by atoms with van der Waals surface area (Å²) < 4.78 is 11.8. The molecule has 130 valence electrons. The van der Waals surface area contributed by atoms with E-state index < -0.39 is 0 Å². The molecule has 3 aliphatic rings. The first-order valence-corrected chi connectivity index (χ1v) is 9.84. The van der Waals surface area contributed by atoms with Gasteiger partial charge in [0.1, 0.15) is 6.10 Å². The number of carbonyl (C=O) groups is 1. The molecule has 0 aromatic carbocycles. The number of rotatable bonds is 7. The Kier molecular flexibility index (Phi) is 6.02. The van der Waals surface area contributed by atoms with Crippen LogP contribution in [0.4, 0.5) is 0 Å². The van der Waals surface area contributed by atoms with E-state index in [-0.39, 0.29) is 12.1 Å². The zero-order valence-electron chi connectivity index (χ0n) is 14.6. The number of unbranched alkanes of at least 4 members (excludes halogenated alkanes) is 4. The Morgan fingerprint density at radius 2 is 2.00 bits per heavy atom. The number of hydrogen-bond acceptors (Lipinski definition) is 3. The van der Waals surface area contributed by atoms with Crippen molar-refractivity contribution in [1.29, 1.82) is 0 Å². The second-order valence-electron chi connectivity index (χ2n) is 7.49. The van der Waals surface area contributed by atoms with Crippen molar-refractivity contribution >= 4 is 5.97 Å². The molecule has 0 radical (unpaired) electrons. The number of hydrogen-bond donors (Lipinski definition) is 0. The van der Waals surface area contributed by atoms with Crippen LogP contribution in [0, 0.1) is 11.8 Å². The zero-order valence-corrected chi connectivity index (χ0v) is 14.6. The summed E-state index contributed by atoms with van der Waals surface area (Å²) in [6.45, 7) is 3.10. The molecule has 1 saturated carbocycles. The van der Waals surface area contributed by atoms with E-state index in [1.807, 2.05) is 0 Å². The van der Waals surface area contributed by atoms with Gasteiger partial charge in [0, 0.05) is 18.3 Å². The van der Waals surface area contributed by atoms with Gasteiger partial charge in [-0.3, -0.25) is 4.79 Å². The fraction of sp³-hybridized carbons (Fsp3) is 0.850. The summed E-state index contributed by atoms with van der Waals surface area (Å²) in [5.41, 5.74) is 1.49. The van der Waals surface area contributed by atoms with Crippen LogP contribution in [-0.2, 0) is 14.3 Å². The minimum absolute atomic E-state index is 0.0193. The average Bonchev–Trinajstić information content (AvgIpc) is 3.11. The summed E-state index contributed by atoms with van der Waals surface area (Å²) in [5, 5.41) is 0. The first-order valence-electron chi connectivity index (χ1n) is 9.84. The summed E-state index contributed by atoms with van der Waals surface area (Å²) in [7, 11) is 0. The van der Waals surface area contributed by atoms with Gasteiger partial charge in [0.05, 0.1) is 12.4 Å². The third-order valence-electron chi connectivity index (χ3n) is 5.84. The van der Waals surface area contributed by atoms with Gasteiger partial charge >= 0.3 is 5.97 Å². The van der Waals surface area contributed by atoms with Crippen molar-refractivity contribution in [2.75, 3.05) is 6.61 Å². The van der Waals surface area contributed by atoms with Crippen LogP contribution in [0.25, 0.3) is 0 Å². The zero-order chi connectivity index (χ0) is 16.1. The Balaban J connectivity index is 1.50. The van der Waals surface area contributed by atoms with E-state index in [1.165, 1.54) is 56.3 Å². The number of allylic oxidation sites excluding steroid dienone is 1. The fourth-order valence-corrected chi connectivity index (χ4v) is 4.59. The van der Waals surface area contributed by atoms with Crippen molar-refractivity contribution in [1.82, 2.24) is 0 Å². The van der Waals surface area contributed by atoms with Crippen molar-refractivity contribution in [3.8, 4) is 0 Å². The van der Waals surface area contributed by atoms with Crippen molar-refractivity contribution in [2.24, 2.45) is 11.8 Å². The lowest BCUT2D eigenvalue weighted by atomic mass is 9.96. The molecule has 3 heteroatoms. The van der Waals surface area contributed by atoms with Gasteiger partial charge in [0.15, 0.2) is 0 Å². The molecular formula is C20H32O3. The van der Waals surface area contributed by atoms with Crippen LogP contribution in [0.5, 0.6) is 0 Å². The van der Waals surface area contributed by atoms with Crippen LogP contribution in [-0.4, -0.2) is 18.7 Å². The van der Waals surface area contributed by atoms with Gasteiger partial charge in [0.2, 0.25) is 0 Å². The Bertz CT molecular complexity index is 440.